The first-order chi connectivity index (χ1) is 10.2. The van der Waals surface area contributed by atoms with Crippen LogP contribution in [-0.2, 0) is 4.74 Å². The van der Waals surface area contributed by atoms with Crippen LogP contribution in [-0.4, -0.2) is 53.3 Å². The number of benzene rings is 1. The van der Waals surface area contributed by atoms with Crippen molar-refractivity contribution in [3.05, 3.63) is 36.0 Å². The van der Waals surface area contributed by atoms with Crippen molar-refractivity contribution in [3.63, 3.8) is 0 Å². The van der Waals surface area contributed by atoms with Gasteiger partial charge in [-0.25, -0.2) is 4.98 Å². The fraction of sp³-hybridized carbons (Fsp3) is 0.333. The summed E-state index contributed by atoms with van der Waals surface area (Å²) < 4.78 is 5.28. The molecular weight excluding hydrogens is 270 g/mol. The Balaban J connectivity index is 1.97. The molecule has 2 heterocycles. The van der Waals surface area contributed by atoms with E-state index in [1.807, 2.05) is 24.3 Å². The largest absolute Gasteiger partial charge is 0.394 e. The van der Waals surface area contributed by atoms with Crippen molar-refractivity contribution >= 4 is 22.5 Å². The molecule has 21 heavy (non-hydrogen) atoms. The summed E-state index contributed by atoms with van der Waals surface area (Å²) in [6, 6.07) is 8.94. The van der Waals surface area contributed by atoms with E-state index in [0.29, 0.717) is 31.3 Å². The maximum absolute atomic E-state index is 12.6. The lowest BCUT2D eigenvalue weighted by atomic mass is 10.1. The van der Waals surface area contributed by atoms with Gasteiger partial charge in [0.1, 0.15) is 11.5 Å². The van der Waals surface area contributed by atoms with Crippen molar-refractivity contribution in [2.75, 3.05) is 32.1 Å². The standard InChI is InChI=1S/C15H17N3O3/c16-14-12-4-2-1-3-10(12)7-13(17-14)15(20)18-5-6-21-9-11(18)8-19/h1-4,7,11,19H,5-6,8-9H2,(H2,16,17). The summed E-state index contributed by atoms with van der Waals surface area (Å²) in [5.41, 5.74) is 6.23. The second-order valence-electron chi connectivity index (χ2n) is 5.02. The van der Waals surface area contributed by atoms with Gasteiger partial charge >= 0.3 is 0 Å². The molecule has 1 unspecified atom stereocenters. The summed E-state index contributed by atoms with van der Waals surface area (Å²) in [5, 5.41) is 11.1. The van der Waals surface area contributed by atoms with Crippen LogP contribution in [0.2, 0.25) is 0 Å². The Hall–Kier alpha value is -2.18. The number of nitrogens with zero attached hydrogens (tertiary/aromatic N) is 2. The number of amides is 1. The van der Waals surface area contributed by atoms with Crippen molar-refractivity contribution in [2.45, 2.75) is 6.04 Å². The first-order valence-electron chi connectivity index (χ1n) is 6.85. The molecule has 1 aromatic heterocycles. The van der Waals surface area contributed by atoms with E-state index in [1.165, 1.54) is 0 Å². The van der Waals surface area contributed by atoms with Crippen LogP contribution >= 0.6 is 0 Å². The molecular formula is C15H17N3O3. The Morgan fingerprint density at radius 3 is 3.10 bits per heavy atom. The number of ether oxygens (including phenoxy) is 1. The van der Waals surface area contributed by atoms with Crippen LogP contribution in [0.5, 0.6) is 0 Å². The third-order valence-corrected chi connectivity index (χ3v) is 3.69. The molecule has 0 radical (unpaired) electrons. The second kappa shape index (κ2) is 5.67. The Morgan fingerprint density at radius 1 is 1.48 bits per heavy atom. The molecule has 6 heteroatoms. The summed E-state index contributed by atoms with van der Waals surface area (Å²) in [6.07, 6.45) is 0. The molecule has 3 N–H and O–H groups in total. The number of carbonyl (C=O) groups is 1. The number of nitrogens with two attached hydrogens (primary N) is 1. The van der Waals surface area contributed by atoms with Gasteiger partial charge in [-0.05, 0) is 11.5 Å². The van der Waals surface area contributed by atoms with Crippen LogP contribution in [0.25, 0.3) is 10.8 Å². The van der Waals surface area contributed by atoms with Gasteiger partial charge in [-0.2, -0.15) is 0 Å². The van der Waals surface area contributed by atoms with E-state index in [9.17, 15) is 9.90 Å². The Kier molecular flexibility index (Phi) is 3.72. The number of hydrogen-bond donors (Lipinski definition) is 2. The molecule has 0 spiro atoms. The first-order valence-corrected chi connectivity index (χ1v) is 6.85. The molecule has 0 saturated carbocycles. The number of aliphatic hydroxyl groups excluding tert-OH is 1. The monoisotopic (exact) mass is 287 g/mol. The molecule has 2 aromatic rings. The number of anilines is 1. The van der Waals surface area contributed by atoms with Crippen LogP contribution in [0.3, 0.4) is 0 Å². The molecule has 1 aromatic carbocycles. The van der Waals surface area contributed by atoms with Crippen LogP contribution in [0.4, 0.5) is 5.82 Å². The van der Waals surface area contributed by atoms with E-state index < -0.39 is 0 Å². The topological polar surface area (TPSA) is 88.7 Å². The lowest BCUT2D eigenvalue weighted by Gasteiger charge is -2.34. The zero-order valence-corrected chi connectivity index (χ0v) is 11.5. The highest BCUT2D eigenvalue weighted by atomic mass is 16.5. The summed E-state index contributed by atoms with van der Waals surface area (Å²) >= 11 is 0. The molecule has 110 valence electrons. The average Bonchev–Trinajstić information content (AvgIpc) is 2.54. The van der Waals surface area contributed by atoms with Gasteiger partial charge in [0.05, 0.1) is 25.9 Å². The van der Waals surface area contributed by atoms with Crippen molar-refractivity contribution in [1.29, 1.82) is 0 Å². The second-order valence-corrected chi connectivity index (χ2v) is 5.02. The van der Waals surface area contributed by atoms with E-state index in [0.717, 1.165) is 10.8 Å². The maximum atomic E-state index is 12.6. The maximum Gasteiger partial charge on any atom is 0.273 e. The number of aliphatic hydroxyl groups is 1. The molecule has 1 atom stereocenters. The molecule has 1 aliphatic heterocycles. The van der Waals surface area contributed by atoms with Gasteiger partial charge in [0, 0.05) is 11.9 Å². The fourth-order valence-electron chi connectivity index (χ4n) is 2.56. The SMILES string of the molecule is Nc1nc(C(=O)N2CCOCC2CO)cc2ccccc12. The Labute approximate surface area is 122 Å². The summed E-state index contributed by atoms with van der Waals surface area (Å²) in [7, 11) is 0. The Morgan fingerprint density at radius 2 is 2.29 bits per heavy atom. The smallest absolute Gasteiger partial charge is 0.273 e. The molecule has 1 fully saturated rings. The van der Waals surface area contributed by atoms with Crippen LogP contribution in [0.1, 0.15) is 10.5 Å². The summed E-state index contributed by atoms with van der Waals surface area (Å²) in [4.78, 5) is 18.4. The summed E-state index contributed by atoms with van der Waals surface area (Å²) in [6.45, 7) is 1.11. The number of hydrogen-bond acceptors (Lipinski definition) is 5. The summed E-state index contributed by atoms with van der Waals surface area (Å²) in [5.74, 6) is 0.111. The fourth-order valence-corrected chi connectivity index (χ4v) is 2.56. The molecule has 1 amide bonds. The van der Waals surface area contributed by atoms with E-state index >= 15 is 0 Å². The van der Waals surface area contributed by atoms with Gasteiger partial charge in [-0.3, -0.25) is 4.79 Å². The highest BCUT2D eigenvalue weighted by Gasteiger charge is 2.28. The lowest BCUT2D eigenvalue weighted by molar-refractivity contribution is -0.0186. The molecule has 1 aliphatic rings. The minimum atomic E-state index is -0.333. The molecule has 1 saturated heterocycles. The predicted molar refractivity (Wildman–Crippen MR) is 78.9 cm³/mol. The molecule has 0 bridgehead atoms. The van der Waals surface area contributed by atoms with Crippen molar-refractivity contribution in [2.24, 2.45) is 0 Å². The van der Waals surface area contributed by atoms with Crippen LogP contribution in [0, 0.1) is 0 Å². The molecule has 3 rings (SSSR count). The third-order valence-electron chi connectivity index (χ3n) is 3.69. The van der Waals surface area contributed by atoms with E-state index in [4.69, 9.17) is 10.5 Å². The number of pyridine rings is 1. The number of rotatable bonds is 2. The number of nitrogen functional groups attached to an aromatic ring is 1. The van der Waals surface area contributed by atoms with Crippen LogP contribution < -0.4 is 5.73 Å². The first kappa shape index (κ1) is 13.8. The van der Waals surface area contributed by atoms with E-state index in [-0.39, 0.29) is 18.6 Å². The van der Waals surface area contributed by atoms with Crippen molar-refractivity contribution in [3.8, 4) is 0 Å². The van der Waals surface area contributed by atoms with Gasteiger partial charge in [-0.15, -0.1) is 0 Å². The van der Waals surface area contributed by atoms with Gasteiger partial charge in [0.15, 0.2) is 0 Å². The zero-order valence-electron chi connectivity index (χ0n) is 11.5. The van der Waals surface area contributed by atoms with E-state index in [1.54, 1.807) is 11.0 Å². The van der Waals surface area contributed by atoms with Gasteiger partial charge in [-0.1, -0.05) is 24.3 Å². The van der Waals surface area contributed by atoms with Crippen LogP contribution in [0.15, 0.2) is 30.3 Å². The number of morpholine rings is 1. The minimum Gasteiger partial charge on any atom is -0.394 e. The van der Waals surface area contributed by atoms with Crippen molar-refractivity contribution in [1.82, 2.24) is 9.88 Å². The highest BCUT2D eigenvalue weighted by Crippen LogP contribution is 2.21. The predicted octanol–water partition coefficient (Wildman–Crippen LogP) is 0.650. The quantitative estimate of drug-likeness (QED) is 0.846. The highest BCUT2D eigenvalue weighted by molar-refractivity contribution is 6.00. The molecule has 6 nitrogen and oxygen atoms in total. The third kappa shape index (κ3) is 2.55. The van der Waals surface area contributed by atoms with Gasteiger partial charge in [0.25, 0.3) is 5.91 Å². The number of carbonyl (C=O) groups excluding carboxylic acids is 1. The lowest BCUT2D eigenvalue weighted by Crippen LogP contribution is -2.50. The Bertz CT molecular complexity index is 674. The normalized spacial score (nSPS) is 18.9. The number of fused-ring (bicyclic) bond motifs is 1. The van der Waals surface area contributed by atoms with Gasteiger partial charge < -0.3 is 20.5 Å². The van der Waals surface area contributed by atoms with E-state index in [2.05, 4.69) is 4.98 Å². The van der Waals surface area contributed by atoms with Gasteiger partial charge in [0.2, 0.25) is 0 Å². The molecule has 0 aliphatic carbocycles. The average molecular weight is 287 g/mol. The zero-order chi connectivity index (χ0) is 14.8. The number of aromatic nitrogens is 1. The minimum absolute atomic E-state index is 0.130. The van der Waals surface area contributed by atoms with Crippen molar-refractivity contribution < 1.29 is 14.6 Å².